The number of alkyl halides is 6. The molecule has 182 valence electrons. The van der Waals surface area contributed by atoms with Gasteiger partial charge in [0.25, 0.3) is 5.89 Å². The summed E-state index contributed by atoms with van der Waals surface area (Å²) in [6.45, 7) is 10.9. The number of hydrogen-bond acceptors (Lipinski definition) is 3. The Kier molecular flexibility index (Phi) is 6.09. The highest BCUT2D eigenvalue weighted by atomic mass is 19.4. The predicted molar refractivity (Wildman–Crippen MR) is 116 cm³/mol. The lowest BCUT2D eigenvalue weighted by Crippen LogP contribution is -2.08. The first kappa shape index (κ1) is 24.3. The molecule has 0 spiro atoms. The van der Waals surface area contributed by atoms with Crippen molar-refractivity contribution < 1.29 is 30.9 Å². The van der Waals surface area contributed by atoms with Gasteiger partial charge in [0.05, 0.1) is 24.2 Å². The third-order valence-electron chi connectivity index (χ3n) is 5.37. The van der Waals surface area contributed by atoms with E-state index in [4.69, 9.17) is 11.1 Å². The van der Waals surface area contributed by atoms with Crippen LogP contribution in [0.5, 0.6) is 0 Å². The minimum absolute atomic E-state index is 0.0668. The number of rotatable bonds is 5. The lowest BCUT2D eigenvalue weighted by Gasteiger charge is -2.12. The maximum atomic E-state index is 13.8. The molecule has 35 heavy (non-hydrogen) atoms. The molecule has 0 atom stereocenters. The third-order valence-corrected chi connectivity index (χ3v) is 5.37. The molecular weight excluding hydrogens is 474 g/mol. The average Bonchev–Trinajstić information content (AvgIpc) is 3.36. The molecule has 0 aliphatic rings. The van der Waals surface area contributed by atoms with Gasteiger partial charge < -0.3 is 9.09 Å². The molecular formula is C24H18F6N4O. The van der Waals surface area contributed by atoms with E-state index in [1.807, 2.05) is 13.8 Å². The molecule has 11 heteroatoms. The van der Waals surface area contributed by atoms with Gasteiger partial charge in [0.15, 0.2) is 11.5 Å². The molecule has 2 heterocycles. The molecule has 0 amide bonds. The number of benzene rings is 2. The fraction of sp³-hybridized carbons (Fsp3) is 0.292. The lowest BCUT2D eigenvalue weighted by atomic mass is 10.1. The minimum Gasteiger partial charge on any atom is -0.337 e. The van der Waals surface area contributed by atoms with E-state index in [1.54, 1.807) is 4.57 Å². The summed E-state index contributed by atoms with van der Waals surface area (Å²) in [5, 5.41) is 3.72. The van der Waals surface area contributed by atoms with E-state index < -0.39 is 29.2 Å². The van der Waals surface area contributed by atoms with Gasteiger partial charge >= 0.3 is 12.4 Å². The van der Waals surface area contributed by atoms with Crippen LogP contribution in [0, 0.1) is 12.5 Å². The van der Waals surface area contributed by atoms with E-state index >= 15 is 0 Å². The van der Waals surface area contributed by atoms with Crippen molar-refractivity contribution in [3.8, 4) is 11.5 Å². The van der Waals surface area contributed by atoms with Crippen molar-refractivity contribution in [2.75, 3.05) is 0 Å². The highest BCUT2D eigenvalue weighted by molar-refractivity contribution is 5.90. The Morgan fingerprint density at radius 3 is 2.40 bits per heavy atom. The van der Waals surface area contributed by atoms with Gasteiger partial charge in [-0.25, -0.2) is 4.85 Å². The van der Waals surface area contributed by atoms with Crippen LogP contribution in [0.25, 0.3) is 27.2 Å². The van der Waals surface area contributed by atoms with Crippen LogP contribution >= 0.6 is 0 Å². The Labute approximate surface area is 195 Å². The van der Waals surface area contributed by atoms with Crippen LogP contribution in [-0.4, -0.2) is 14.7 Å². The second-order valence-electron chi connectivity index (χ2n) is 8.42. The molecule has 0 aliphatic heterocycles. The maximum Gasteiger partial charge on any atom is 0.416 e. The van der Waals surface area contributed by atoms with Crippen LogP contribution in [0.15, 0.2) is 47.0 Å². The SMILES string of the molecule is [C-]#[N+]c1ccc2c(cc(CC(C)C)n2Cc2noc(-c3cccc(C(F)(F)F)c3)n2)c1C(F)(F)F. The maximum absolute atomic E-state index is 13.8. The van der Waals surface area contributed by atoms with E-state index in [9.17, 15) is 26.3 Å². The molecule has 0 saturated heterocycles. The van der Waals surface area contributed by atoms with Crippen LogP contribution < -0.4 is 0 Å². The quantitative estimate of drug-likeness (QED) is 0.214. The highest BCUT2D eigenvalue weighted by Gasteiger charge is 2.36. The zero-order chi connectivity index (χ0) is 25.5. The largest absolute Gasteiger partial charge is 0.416 e. The van der Waals surface area contributed by atoms with Crippen LogP contribution in [0.1, 0.15) is 36.5 Å². The lowest BCUT2D eigenvalue weighted by molar-refractivity contribution is -0.137. The molecule has 0 unspecified atom stereocenters. The van der Waals surface area contributed by atoms with E-state index in [0.717, 1.165) is 18.2 Å². The van der Waals surface area contributed by atoms with Crippen molar-refractivity contribution >= 4 is 16.6 Å². The molecule has 2 aromatic heterocycles. The Bertz CT molecular complexity index is 1420. The first-order valence-corrected chi connectivity index (χ1v) is 10.5. The summed E-state index contributed by atoms with van der Waals surface area (Å²) < 4.78 is 87.4. The van der Waals surface area contributed by atoms with Crippen LogP contribution in [0.2, 0.25) is 0 Å². The van der Waals surface area contributed by atoms with Crippen LogP contribution in [0.3, 0.4) is 0 Å². The molecule has 4 aromatic rings. The smallest absolute Gasteiger partial charge is 0.337 e. The van der Waals surface area contributed by atoms with Crippen molar-refractivity contribution in [1.82, 2.24) is 14.7 Å². The Morgan fingerprint density at radius 2 is 1.77 bits per heavy atom. The summed E-state index contributed by atoms with van der Waals surface area (Å²) in [5.74, 6) is 0.0562. The van der Waals surface area contributed by atoms with E-state index in [-0.39, 0.29) is 40.6 Å². The number of fused-ring (bicyclic) bond motifs is 1. The van der Waals surface area contributed by atoms with Gasteiger partial charge in [-0.3, -0.25) is 0 Å². The van der Waals surface area contributed by atoms with Gasteiger partial charge in [-0.2, -0.15) is 31.3 Å². The summed E-state index contributed by atoms with van der Waals surface area (Å²) in [6, 6.07) is 8.39. The third kappa shape index (κ3) is 4.87. The summed E-state index contributed by atoms with van der Waals surface area (Å²) in [6.07, 6.45) is -8.84. The Balaban J connectivity index is 1.79. The molecule has 0 aliphatic carbocycles. The number of nitrogens with zero attached hydrogens (tertiary/aromatic N) is 4. The van der Waals surface area contributed by atoms with Gasteiger partial charge in [0, 0.05) is 22.2 Å². The molecule has 0 saturated carbocycles. The van der Waals surface area contributed by atoms with Gasteiger partial charge in [-0.15, -0.1) is 0 Å². The standard InChI is InChI=1S/C24H18F6N4O/c1-13(2)9-16-11-17-19(8-7-18(31-3)21(17)24(28,29)30)34(16)12-20-32-22(35-33-20)14-5-4-6-15(10-14)23(25,26)27/h4-8,10-11,13H,9,12H2,1-2H3. The first-order chi connectivity index (χ1) is 16.4. The topological polar surface area (TPSA) is 48.2 Å². The fourth-order valence-corrected chi connectivity index (χ4v) is 3.95. The summed E-state index contributed by atoms with van der Waals surface area (Å²) in [5.41, 5.74) is -1.49. The molecule has 0 radical (unpaired) electrons. The normalized spacial score (nSPS) is 12.5. The second kappa shape index (κ2) is 8.76. The van der Waals surface area contributed by atoms with Crippen molar-refractivity contribution in [1.29, 1.82) is 0 Å². The van der Waals surface area contributed by atoms with Crippen molar-refractivity contribution in [3.05, 3.63) is 76.5 Å². The van der Waals surface area contributed by atoms with E-state index in [0.29, 0.717) is 12.1 Å². The Morgan fingerprint density at radius 1 is 1.03 bits per heavy atom. The summed E-state index contributed by atoms with van der Waals surface area (Å²) in [4.78, 5) is 7.21. The van der Waals surface area contributed by atoms with Gasteiger partial charge in [0.1, 0.15) is 0 Å². The predicted octanol–water partition coefficient (Wildman–Crippen LogP) is 7.53. The molecule has 4 rings (SSSR count). The van der Waals surface area contributed by atoms with E-state index in [2.05, 4.69) is 15.0 Å². The highest BCUT2D eigenvalue weighted by Crippen LogP contribution is 2.42. The number of halogens is 6. The molecule has 5 nitrogen and oxygen atoms in total. The monoisotopic (exact) mass is 492 g/mol. The van der Waals surface area contributed by atoms with Gasteiger partial charge in [-0.05, 0) is 42.7 Å². The van der Waals surface area contributed by atoms with Crippen molar-refractivity contribution in [3.63, 3.8) is 0 Å². The Hall–Kier alpha value is -3.81. The number of aromatic nitrogens is 3. The molecule has 2 aromatic carbocycles. The molecule has 0 fully saturated rings. The van der Waals surface area contributed by atoms with Crippen LogP contribution in [-0.2, 0) is 25.3 Å². The zero-order valence-electron chi connectivity index (χ0n) is 18.5. The van der Waals surface area contributed by atoms with Crippen LogP contribution in [0.4, 0.5) is 32.0 Å². The second-order valence-corrected chi connectivity index (χ2v) is 8.42. The van der Waals surface area contributed by atoms with Gasteiger partial charge in [0.2, 0.25) is 0 Å². The van der Waals surface area contributed by atoms with Gasteiger partial charge in [-0.1, -0.05) is 31.1 Å². The number of hydrogen-bond donors (Lipinski definition) is 0. The van der Waals surface area contributed by atoms with Crippen molar-refractivity contribution in [2.24, 2.45) is 5.92 Å². The van der Waals surface area contributed by atoms with Crippen molar-refractivity contribution in [2.45, 2.75) is 39.2 Å². The summed E-state index contributed by atoms with van der Waals surface area (Å²) >= 11 is 0. The minimum atomic E-state index is -4.73. The fourth-order valence-electron chi connectivity index (χ4n) is 3.95. The first-order valence-electron chi connectivity index (χ1n) is 10.5. The van der Waals surface area contributed by atoms with E-state index in [1.165, 1.54) is 24.3 Å². The average molecular weight is 492 g/mol. The molecule has 0 N–H and O–H groups in total. The molecule has 0 bridgehead atoms. The summed E-state index contributed by atoms with van der Waals surface area (Å²) in [7, 11) is 0. The zero-order valence-corrected chi connectivity index (χ0v) is 18.5.